The van der Waals surface area contributed by atoms with Crippen molar-refractivity contribution >= 4 is 22.9 Å². The summed E-state index contributed by atoms with van der Waals surface area (Å²) < 4.78 is 0. The van der Waals surface area contributed by atoms with Gasteiger partial charge in [-0.3, -0.25) is 4.98 Å². The van der Waals surface area contributed by atoms with Gasteiger partial charge in [0.2, 0.25) is 0 Å². The Bertz CT molecular complexity index is 563. The van der Waals surface area contributed by atoms with Crippen molar-refractivity contribution in [2.75, 3.05) is 6.54 Å². The Hall–Kier alpha value is -0.900. The van der Waals surface area contributed by atoms with Crippen LogP contribution in [0.25, 0.3) is 0 Å². The third-order valence-electron chi connectivity index (χ3n) is 3.59. The molecule has 0 aliphatic carbocycles. The highest BCUT2D eigenvalue weighted by atomic mass is 35.5. The molecule has 114 valence electrons. The molecule has 0 aliphatic rings. The molecule has 2 nitrogen and oxygen atoms in total. The van der Waals surface area contributed by atoms with Crippen molar-refractivity contribution < 1.29 is 0 Å². The minimum atomic E-state index is 0.246. The fraction of sp³-hybridized carbons (Fsp3) is 0.471. The third kappa shape index (κ3) is 4.29. The lowest BCUT2D eigenvalue weighted by molar-refractivity contribution is 0.531. The van der Waals surface area contributed by atoms with E-state index in [2.05, 4.69) is 48.6 Å². The predicted octanol–water partition coefficient (Wildman–Crippen LogP) is 4.95. The Labute approximate surface area is 136 Å². The molecule has 2 aromatic heterocycles. The zero-order valence-corrected chi connectivity index (χ0v) is 14.5. The zero-order chi connectivity index (χ0) is 15.2. The first-order chi connectivity index (χ1) is 10.2. The van der Waals surface area contributed by atoms with Crippen LogP contribution in [-0.4, -0.2) is 11.5 Å². The summed E-state index contributed by atoms with van der Waals surface area (Å²) in [6.07, 6.45) is 5.00. The number of aromatic nitrogens is 1. The van der Waals surface area contributed by atoms with Gasteiger partial charge < -0.3 is 5.32 Å². The number of aryl methyl sites for hydroxylation is 2. The van der Waals surface area contributed by atoms with E-state index in [1.807, 2.05) is 6.20 Å². The van der Waals surface area contributed by atoms with E-state index < -0.39 is 0 Å². The largest absolute Gasteiger partial charge is 0.309 e. The Kier molecular flexibility index (Phi) is 6.22. The van der Waals surface area contributed by atoms with Crippen LogP contribution in [0.1, 0.15) is 48.0 Å². The highest BCUT2D eigenvalue weighted by Gasteiger charge is 2.18. The molecule has 0 bridgehead atoms. The number of rotatable bonds is 7. The molecule has 0 spiro atoms. The molecular formula is C17H23ClN2S. The van der Waals surface area contributed by atoms with Crippen LogP contribution in [-0.2, 0) is 12.8 Å². The van der Waals surface area contributed by atoms with E-state index in [9.17, 15) is 0 Å². The maximum atomic E-state index is 6.45. The second kappa shape index (κ2) is 7.92. The van der Waals surface area contributed by atoms with Crippen molar-refractivity contribution in [1.82, 2.24) is 10.3 Å². The summed E-state index contributed by atoms with van der Waals surface area (Å²) in [7, 11) is 0. The van der Waals surface area contributed by atoms with Gasteiger partial charge in [-0.1, -0.05) is 31.5 Å². The van der Waals surface area contributed by atoms with Gasteiger partial charge in [-0.25, -0.2) is 0 Å². The number of hydrogen-bond donors (Lipinski definition) is 1. The normalized spacial score (nSPS) is 12.6. The molecule has 2 rings (SSSR count). The van der Waals surface area contributed by atoms with Crippen LogP contribution in [0.2, 0.25) is 5.02 Å². The summed E-state index contributed by atoms with van der Waals surface area (Å²) in [5, 5.41) is 6.64. The number of thiophene rings is 1. The van der Waals surface area contributed by atoms with Gasteiger partial charge in [0.05, 0.1) is 5.02 Å². The monoisotopic (exact) mass is 322 g/mol. The van der Waals surface area contributed by atoms with Gasteiger partial charge in [-0.2, -0.15) is 0 Å². The average molecular weight is 323 g/mol. The minimum Gasteiger partial charge on any atom is -0.309 e. The second-order valence-corrected chi connectivity index (χ2v) is 6.61. The smallest absolute Gasteiger partial charge is 0.0590 e. The van der Waals surface area contributed by atoms with Crippen molar-refractivity contribution in [3.8, 4) is 0 Å². The first-order valence-electron chi connectivity index (χ1n) is 7.56. The SMILES string of the molecule is CCCNC(Cc1ccc(CC)cn1)c1scc(C)c1Cl. The van der Waals surface area contributed by atoms with Crippen molar-refractivity contribution in [1.29, 1.82) is 0 Å². The van der Waals surface area contributed by atoms with Gasteiger partial charge in [0.15, 0.2) is 0 Å². The zero-order valence-electron chi connectivity index (χ0n) is 12.9. The fourth-order valence-electron chi connectivity index (χ4n) is 2.26. The van der Waals surface area contributed by atoms with Crippen LogP contribution in [0.3, 0.4) is 0 Å². The highest BCUT2D eigenvalue weighted by Crippen LogP contribution is 2.33. The minimum absolute atomic E-state index is 0.246. The molecular weight excluding hydrogens is 300 g/mol. The average Bonchev–Trinajstić information content (AvgIpc) is 2.84. The van der Waals surface area contributed by atoms with E-state index in [1.54, 1.807) is 11.3 Å². The van der Waals surface area contributed by atoms with Crippen molar-refractivity contribution in [3.05, 3.63) is 50.4 Å². The van der Waals surface area contributed by atoms with Crippen LogP contribution in [0.15, 0.2) is 23.7 Å². The highest BCUT2D eigenvalue weighted by molar-refractivity contribution is 7.10. The third-order valence-corrected chi connectivity index (χ3v) is 5.42. The lowest BCUT2D eigenvalue weighted by Gasteiger charge is -2.18. The van der Waals surface area contributed by atoms with Crippen LogP contribution in [0.4, 0.5) is 0 Å². The van der Waals surface area contributed by atoms with Crippen molar-refractivity contribution in [3.63, 3.8) is 0 Å². The summed E-state index contributed by atoms with van der Waals surface area (Å²) in [5.74, 6) is 0. The maximum Gasteiger partial charge on any atom is 0.0590 e. The summed E-state index contributed by atoms with van der Waals surface area (Å²) in [5.41, 5.74) is 3.55. The molecule has 0 aromatic carbocycles. The van der Waals surface area contributed by atoms with Gasteiger partial charge in [0, 0.05) is 29.2 Å². The lowest BCUT2D eigenvalue weighted by Crippen LogP contribution is -2.24. The molecule has 0 saturated carbocycles. The van der Waals surface area contributed by atoms with E-state index in [0.717, 1.165) is 42.1 Å². The Morgan fingerprint density at radius 2 is 2.14 bits per heavy atom. The first-order valence-corrected chi connectivity index (χ1v) is 8.82. The Morgan fingerprint density at radius 3 is 2.67 bits per heavy atom. The van der Waals surface area contributed by atoms with Crippen molar-refractivity contribution in [2.24, 2.45) is 0 Å². The lowest BCUT2D eigenvalue weighted by atomic mass is 10.1. The predicted molar refractivity (Wildman–Crippen MR) is 92.4 cm³/mol. The summed E-state index contributed by atoms with van der Waals surface area (Å²) in [4.78, 5) is 5.81. The summed E-state index contributed by atoms with van der Waals surface area (Å²) >= 11 is 8.19. The molecule has 0 fully saturated rings. The topological polar surface area (TPSA) is 24.9 Å². The van der Waals surface area contributed by atoms with E-state index in [-0.39, 0.29) is 6.04 Å². The van der Waals surface area contributed by atoms with E-state index >= 15 is 0 Å². The number of pyridine rings is 1. The van der Waals surface area contributed by atoms with Crippen LogP contribution in [0.5, 0.6) is 0 Å². The van der Waals surface area contributed by atoms with E-state index in [4.69, 9.17) is 11.6 Å². The molecule has 0 aliphatic heterocycles. The second-order valence-electron chi connectivity index (χ2n) is 5.32. The molecule has 21 heavy (non-hydrogen) atoms. The van der Waals surface area contributed by atoms with Gasteiger partial charge in [-0.15, -0.1) is 11.3 Å². The quantitative estimate of drug-likeness (QED) is 0.780. The van der Waals surface area contributed by atoms with Crippen LogP contribution < -0.4 is 5.32 Å². The molecule has 0 radical (unpaired) electrons. The Morgan fingerprint density at radius 1 is 1.33 bits per heavy atom. The molecule has 4 heteroatoms. The van der Waals surface area contributed by atoms with Gasteiger partial charge in [0.25, 0.3) is 0 Å². The van der Waals surface area contributed by atoms with Crippen LogP contribution in [0, 0.1) is 6.92 Å². The summed E-state index contributed by atoms with van der Waals surface area (Å²) in [6, 6.07) is 4.55. The van der Waals surface area contributed by atoms with Gasteiger partial charge >= 0.3 is 0 Å². The van der Waals surface area contributed by atoms with Gasteiger partial charge in [-0.05, 0) is 48.9 Å². The molecule has 1 unspecified atom stereocenters. The van der Waals surface area contributed by atoms with E-state index in [0.29, 0.717) is 0 Å². The summed E-state index contributed by atoms with van der Waals surface area (Å²) in [6.45, 7) is 7.38. The van der Waals surface area contributed by atoms with Crippen molar-refractivity contribution in [2.45, 2.75) is 46.1 Å². The molecule has 1 N–H and O–H groups in total. The van der Waals surface area contributed by atoms with Crippen LogP contribution >= 0.6 is 22.9 Å². The molecule has 0 amide bonds. The molecule has 2 heterocycles. The number of hydrogen-bond acceptors (Lipinski definition) is 3. The molecule has 1 atom stereocenters. The molecule has 0 saturated heterocycles. The number of nitrogens with zero attached hydrogens (tertiary/aromatic N) is 1. The maximum absolute atomic E-state index is 6.45. The standard InChI is InChI=1S/C17H23ClN2S/c1-4-8-19-15(17-16(18)12(3)11-21-17)9-14-7-6-13(5-2)10-20-14/h6-7,10-11,15,19H,4-5,8-9H2,1-3H3. The van der Waals surface area contributed by atoms with E-state index in [1.165, 1.54) is 10.4 Å². The van der Waals surface area contributed by atoms with Gasteiger partial charge in [0.1, 0.15) is 0 Å². The number of nitrogens with one attached hydrogen (secondary N) is 1. The number of halogens is 1. The fourth-order valence-corrected chi connectivity index (χ4v) is 3.66. The molecule has 2 aromatic rings. The Balaban J connectivity index is 2.17. The first kappa shape index (κ1) is 16.5.